The van der Waals surface area contributed by atoms with E-state index in [-0.39, 0.29) is 23.5 Å². The van der Waals surface area contributed by atoms with Crippen LogP contribution in [0.2, 0.25) is 0 Å². The monoisotopic (exact) mass is 393 g/mol. The number of hydrogen-bond donors (Lipinski definition) is 0. The highest BCUT2D eigenvalue weighted by molar-refractivity contribution is 7.91. The molecular formula is C23H23NO3S. The molecule has 0 radical (unpaired) electrons. The molecule has 0 N–H and O–H groups in total. The van der Waals surface area contributed by atoms with E-state index in [0.717, 1.165) is 21.9 Å². The van der Waals surface area contributed by atoms with E-state index in [0.29, 0.717) is 18.5 Å². The van der Waals surface area contributed by atoms with Gasteiger partial charge in [0.25, 0.3) is 5.91 Å². The van der Waals surface area contributed by atoms with Crippen molar-refractivity contribution in [3.63, 3.8) is 0 Å². The molecule has 0 aromatic heterocycles. The fourth-order valence-electron chi connectivity index (χ4n) is 3.84. The topological polar surface area (TPSA) is 54.5 Å². The molecule has 0 saturated carbocycles. The summed E-state index contributed by atoms with van der Waals surface area (Å²) < 4.78 is 24.2. The maximum atomic E-state index is 13.6. The van der Waals surface area contributed by atoms with Gasteiger partial charge in [0.15, 0.2) is 9.84 Å². The lowest BCUT2D eigenvalue weighted by Crippen LogP contribution is -2.40. The van der Waals surface area contributed by atoms with Gasteiger partial charge in [0.2, 0.25) is 0 Å². The van der Waals surface area contributed by atoms with Crippen LogP contribution in [0.5, 0.6) is 0 Å². The molecule has 0 spiro atoms. The summed E-state index contributed by atoms with van der Waals surface area (Å²) in [5, 5.41) is 1.90. The maximum Gasteiger partial charge on any atom is 0.255 e. The van der Waals surface area contributed by atoms with E-state index in [9.17, 15) is 13.2 Å². The molecule has 1 heterocycles. The molecule has 1 unspecified atom stereocenters. The van der Waals surface area contributed by atoms with E-state index in [4.69, 9.17) is 0 Å². The second-order valence-electron chi connectivity index (χ2n) is 7.50. The number of fused-ring (bicyclic) bond motifs is 1. The zero-order chi connectivity index (χ0) is 19.7. The van der Waals surface area contributed by atoms with E-state index >= 15 is 0 Å². The van der Waals surface area contributed by atoms with Crippen LogP contribution in [0.3, 0.4) is 0 Å². The summed E-state index contributed by atoms with van der Waals surface area (Å²) in [6, 6.07) is 21.2. The van der Waals surface area contributed by atoms with E-state index < -0.39 is 9.84 Å². The predicted octanol–water partition coefficient (Wildman–Crippen LogP) is 3.98. The molecule has 0 bridgehead atoms. The summed E-state index contributed by atoms with van der Waals surface area (Å²) in [5.41, 5.74) is 2.78. The van der Waals surface area contributed by atoms with Gasteiger partial charge in [-0.15, -0.1) is 0 Å². The van der Waals surface area contributed by atoms with Crippen LogP contribution in [0, 0.1) is 6.92 Å². The molecule has 1 fully saturated rings. The van der Waals surface area contributed by atoms with E-state index in [1.54, 1.807) is 4.90 Å². The SMILES string of the molecule is Cc1ccc(CN(C(=O)c2cccc3ccccc23)C2CCS(=O)(=O)C2)cc1. The van der Waals surface area contributed by atoms with Crippen LogP contribution in [0.1, 0.15) is 27.9 Å². The maximum absolute atomic E-state index is 13.6. The zero-order valence-electron chi connectivity index (χ0n) is 15.8. The molecule has 144 valence electrons. The highest BCUT2D eigenvalue weighted by Gasteiger charge is 2.35. The van der Waals surface area contributed by atoms with E-state index in [1.807, 2.05) is 73.7 Å². The molecule has 28 heavy (non-hydrogen) atoms. The lowest BCUT2D eigenvalue weighted by molar-refractivity contribution is 0.0683. The largest absolute Gasteiger partial charge is 0.330 e. The van der Waals surface area contributed by atoms with E-state index in [2.05, 4.69) is 0 Å². The number of benzene rings is 3. The predicted molar refractivity (Wildman–Crippen MR) is 112 cm³/mol. The van der Waals surface area contributed by atoms with E-state index in [1.165, 1.54) is 0 Å². The molecule has 1 aliphatic heterocycles. The summed E-state index contributed by atoms with van der Waals surface area (Å²) in [5.74, 6) is 0.0692. The third-order valence-corrected chi connectivity index (χ3v) is 7.15. The van der Waals surface area contributed by atoms with Gasteiger partial charge in [0, 0.05) is 18.2 Å². The average molecular weight is 394 g/mol. The summed E-state index contributed by atoms with van der Waals surface area (Å²) >= 11 is 0. The fraction of sp³-hybridized carbons (Fsp3) is 0.261. The zero-order valence-corrected chi connectivity index (χ0v) is 16.7. The van der Waals surface area contributed by atoms with Crippen molar-refractivity contribution in [2.45, 2.75) is 25.9 Å². The Morgan fingerprint density at radius 1 is 1.00 bits per heavy atom. The third-order valence-electron chi connectivity index (χ3n) is 5.40. The minimum Gasteiger partial charge on any atom is -0.330 e. The molecule has 4 nitrogen and oxygen atoms in total. The molecule has 1 saturated heterocycles. The number of aryl methyl sites for hydroxylation is 1. The Kier molecular flexibility index (Phi) is 4.94. The normalized spacial score (nSPS) is 18.2. The second-order valence-corrected chi connectivity index (χ2v) is 9.73. The minimum atomic E-state index is -3.09. The molecule has 4 rings (SSSR count). The van der Waals surface area contributed by atoms with Crippen molar-refractivity contribution < 1.29 is 13.2 Å². The van der Waals surface area contributed by atoms with Crippen molar-refractivity contribution in [1.82, 2.24) is 4.90 Å². The number of sulfone groups is 1. The highest BCUT2D eigenvalue weighted by atomic mass is 32.2. The molecule has 5 heteroatoms. The molecule has 1 amide bonds. The molecule has 1 atom stereocenters. The first kappa shape index (κ1) is 18.7. The van der Waals surface area contributed by atoms with Gasteiger partial charge in [-0.2, -0.15) is 0 Å². The Morgan fingerprint density at radius 2 is 1.71 bits per heavy atom. The van der Waals surface area contributed by atoms with Gasteiger partial charge in [-0.25, -0.2) is 8.42 Å². The highest BCUT2D eigenvalue weighted by Crippen LogP contribution is 2.26. The molecule has 3 aromatic carbocycles. The quantitative estimate of drug-likeness (QED) is 0.674. The Bertz CT molecular complexity index is 1110. The van der Waals surface area contributed by atoms with Gasteiger partial charge in [-0.3, -0.25) is 4.79 Å². The number of nitrogens with zero attached hydrogens (tertiary/aromatic N) is 1. The van der Waals surface area contributed by atoms with Crippen LogP contribution in [-0.2, 0) is 16.4 Å². The number of carbonyl (C=O) groups excluding carboxylic acids is 1. The third kappa shape index (κ3) is 3.80. The number of amides is 1. The Labute approximate surface area is 165 Å². The summed E-state index contributed by atoms with van der Waals surface area (Å²) in [4.78, 5) is 15.3. The molecule has 1 aliphatic rings. The van der Waals surface area contributed by atoms with Crippen LogP contribution in [0.15, 0.2) is 66.7 Å². The molecule has 0 aliphatic carbocycles. The number of carbonyl (C=O) groups is 1. The lowest BCUT2D eigenvalue weighted by atomic mass is 10.0. The minimum absolute atomic E-state index is 0.0371. The van der Waals surface area contributed by atoms with Crippen molar-refractivity contribution in [1.29, 1.82) is 0 Å². The van der Waals surface area contributed by atoms with Gasteiger partial charge >= 0.3 is 0 Å². The Balaban J connectivity index is 1.73. The summed E-state index contributed by atoms with van der Waals surface area (Å²) in [6.45, 7) is 2.43. The van der Waals surface area contributed by atoms with Gasteiger partial charge in [0.1, 0.15) is 0 Å². The van der Waals surface area contributed by atoms with Crippen molar-refractivity contribution in [2.75, 3.05) is 11.5 Å². The molecular weight excluding hydrogens is 370 g/mol. The smallest absolute Gasteiger partial charge is 0.255 e. The van der Waals surface area contributed by atoms with Crippen LogP contribution >= 0.6 is 0 Å². The van der Waals surface area contributed by atoms with Crippen LogP contribution < -0.4 is 0 Å². The van der Waals surface area contributed by atoms with Crippen molar-refractivity contribution in [2.24, 2.45) is 0 Å². The van der Waals surface area contributed by atoms with Gasteiger partial charge in [-0.1, -0.05) is 66.2 Å². The van der Waals surface area contributed by atoms with Gasteiger partial charge in [0.05, 0.1) is 11.5 Å². The van der Waals surface area contributed by atoms with Gasteiger partial charge in [-0.05, 0) is 35.7 Å². The Hall–Kier alpha value is -2.66. The van der Waals surface area contributed by atoms with Crippen molar-refractivity contribution >= 4 is 26.5 Å². The summed E-state index contributed by atoms with van der Waals surface area (Å²) in [6.07, 6.45) is 0.491. The first-order chi connectivity index (χ1) is 13.4. The first-order valence-electron chi connectivity index (χ1n) is 9.48. The van der Waals surface area contributed by atoms with Crippen LogP contribution in [-0.4, -0.2) is 36.8 Å². The average Bonchev–Trinajstić information content (AvgIpc) is 3.06. The summed E-state index contributed by atoms with van der Waals surface area (Å²) in [7, 11) is -3.09. The van der Waals surface area contributed by atoms with Crippen LogP contribution in [0.4, 0.5) is 0 Å². The fourth-order valence-corrected chi connectivity index (χ4v) is 5.58. The standard InChI is InChI=1S/C23H23NO3S/c1-17-9-11-18(12-10-17)15-24(20-13-14-28(26,27)16-20)23(25)22-8-4-6-19-5-2-3-7-21(19)22/h2-12,20H,13-16H2,1H3. The molecule has 3 aromatic rings. The Morgan fingerprint density at radius 3 is 2.43 bits per heavy atom. The number of hydrogen-bond acceptors (Lipinski definition) is 3. The van der Waals surface area contributed by atoms with Gasteiger partial charge < -0.3 is 4.90 Å². The number of rotatable bonds is 4. The van der Waals surface area contributed by atoms with Crippen molar-refractivity contribution in [3.8, 4) is 0 Å². The lowest BCUT2D eigenvalue weighted by Gasteiger charge is -2.29. The van der Waals surface area contributed by atoms with Crippen LogP contribution in [0.25, 0.3) is 10.8 Å². The second kappa shape index (κ2) is 7.40. The van der Waals surface area contributed by atoms with Crippen molar-refractivity contribution in [3.05, 3.63) is 83.4 Å². The first-order valence-corrected chi connectivity index (χ1v) is 11.3.